The van der Waals surface area contributed by atoms with E-state index in [0.717, 1.165) is 42.9 Å². The van der Waals surface area contributed by atoms with Gasteiger partial charge in [-0.2, -0.15) is 0 Å². The number of hydrogen-bond acceptors (Lipinski definition) is 6. The fourth-order valence-corrected chi connectivity index (χ4v) is 3.64. The number of benzene rings is 2. The van der Waals surface area contributed by atoms with Gasteiger partial charge in [0.25, 0.3) is 0 Å². The predicted molar refractivity (Wildman–Crippen MR) is 111 cm³/mol. The number of methoxy groups -OCH3 is 1. The molecule has 6 heteroatoms. The molecule has 2 unspecified atom stereocenters. The van der Waals surface area contributed by atoms with Crippen molar-refractivity contribution in [3.05, 3.63) is 59.7 Å². The van der Waals surface area contributed by atoms with Crippen molar-refractivity contribution >= 4 is 0 Å². The summed E-state index contributed by atoms with van der Waals surface area (Å²) in [5, 5.41) is 20.7. The largest absolute Gasteiger partial charge is 0.508 e. The van der Waals surface area contributed by atoms with Crippen LogP contribution in [0.3, 0.4) is 0 Å². The molecule has 3 rings (SSSR count). The molecule has 0 aliphatic carbocycles. The van der Waals surface area contributed by atoms with Gasteiger partial charge in [-0.25, -0.2) is 0 Å². The Morgan fingerprint density at radius 1 is 1.14 bits per heavy atom. The van der Waals surface area contributed by atoms with E-state index in [1.807, 2.05) is 42.5 Å². The first kappa shape index (κ1) is 21.6. The maximum atomic E-state index is 10.5. The molecular weight excluding hydrogens is 370 g/mol. The second-order valence-electron chi connectivity index (χ2n) is 7.44. The van der Waals surface area contributed by atoms with Gasteiger partial charge in [0.15, 0.2) is 0 Å². The van der Waals surface area contributed by atoms with Crippen molar-refractivity contribution in [2.45, 2.75) is 38.2 Å². The molecule has 29 heavy (non-hydrogen) atoms. The topological polar surface area (TPSA) is 71.4 Å². The van der Waals surface area contributed by atoms with Crippen LogP contribution in [0.2, 0.25) is 0 Å². The number of phenols is 1. The van der Waals surface area contributed by atoms with Gasteiger partial charge in [-0.05, 0) is 25.0 Å². The summed E-state index contributed by atoms with van der Waals surface area (Å²) >= 11 is 0. The first-order chi connectivity index (χ1) is 14.2. The van der Waals surface area contributed by atoms with Crippen LogP contribution in [0.25, 0.3) is 0 Å². The number of aromatic hydroxyl groups is 1. The van der Waals surface area contributed by atoms with Gasteiger partial charge in [0.1, 0.15) is 11.5 Å². The molecule has 0 spiro atoms. The Balaban J connectivity index is 1.53. The van der Waals surface area contributed by atoms with Gasteiger partial charge < -0.3 is 24.4 Å². The zero-order chi connectivity index (χ0) is 20.5. The summed E-state index contributed by atoms with van der Waals surface area (Å²) in [6.07, 6.45) is 1.62. The number of rotatable bonds is 11. The average molecular weight is 402 g/mol. The molecule has 2 aromatic carbocycles. The molecule has 1 aliphatic heterocycles. The minimum atomic E-state index is -0.642. The summed E-state index contributed by atoms with van der Waals surface area (Å²) in [4.78, 5) is 2.13. The number of hydrogen-bond donors (Lipinski definition) is 2. The Kier molecular flexibility index (Phi) is 8.31. The smallest absolute Gasteiger partial charge is 0.124 e. The van der Waals surface area contributed by atoms with E-state index in [-0.39, 0.29) is 18.5 Å². The second-order valence-corrected chi connectivity index (χ2v) is 7.44. The minimum Gasteiger partial charge on any atom is -0.508 e. The highest BCUT2D eigenvalue weighted by Crippen LogP contribution is 2.21. The van der Waals surface area contributed by atoms with Crippen LogP contribution >= 0.6 is 0 Å². The van der Waals surface area contributed by atoms with Gasteiger partial charge in [0.05, 0.1) is 32.5 Å². The number of aliphatic hydroxyl groups excluding tert-OH is 1. The highest BCUT2D eigenvalue weighted by atomic mass is 16.5. The molecule has 2 atom stereocenters. The third-order valence-electron chi connectivity index (χ3n) is 5.10. The SMILES string of the molecule is COc1ccccc1COCC(O)CN(Cc1ccccc1O)CC1CCCO1. The first-order valence-electron chi connectivity index (χ1n) is 10.1. The number of para-hydroxylation sites is 2. The molecule has 1 aliphatic rings. The summed E-state index contributed by atoms with van der Waals surface area (Å²) in [5.41, 5.74) is 1.79. The molecule has 0 saturated carbocycles. The van der Waals surface area contributed by atoms with Crippen LogP contribution in [0.1, 0.15) is 24.0 Å². The van der Waals surface area contributed by atoms with Crippen LogP contribution < -0.4 is 4.74 Å². The van der Waals surface area contributed by atoms with E-state index in [2.05, 4.69) is 4.90 Å². The zero-order valence-corrected chi connectivity index (χ0v) is 17.0. The van der Waals surface area contributed by atoms with Gasteiger partial charge >= 0.3 is 0 Å². The molecule has 158 valence electrons. The van der Waals surface area contributed by atoms with Crippen LogP contribution in [0.5, 0.6) is 11.5 Å². The highest BCUT2D eigenvalue weighted by Gasteiger charge is 2.22. The van der Waals surface area contributed by atoms with Gasteiger partial charge in [-0.3, -0.25) is 4.90 Å². The Morgan fingerprint density at radius 3 is 2.62 bits per heavy atom. The number of nitrogens with zero attached hydrogens (tertiary/aromatic N) is 1. The maximum Gasteiger partial charge on any atom is 0.124 e. The van der Waals surface area contributed by atoms with Gasteiger partial charge in [-0.15, -0.1) is 0 Å². The second kappa shape index (κ2) is 11.2. The minimum absolute atomic E-state index is 0.169. The van der Waals surface area contributed by atoms with Gasteiger partial charge in [0, 0.05) is 37.4 Å². The van der Waals surface area contributed by atoms with Crippen molar-refractivity contribution in [3.63, 3.8) is 0 Å². The number of ether oxygens (including phenoxy) is 3. The van der Waals surface area contributed by atoms with Crippen LogP contribution in [0, 0.1) is 0 Å². The van der Waals surface area contributed by atoms with E-state index in [1.165, 1.54) is 0 Å². The standard InChI is InChI=1S/C23H31NO5/c1-27-23-11-5-3-8-19(23)16-28-17-20(25)14-24(15-21-9-6-12-29-21)13-18-7-2-4-10-22(18)26/h2-5,7-8,10-11,20-21,25-26H,6,9,12-17H2,1H3. The molecule has 0 radical (unpaired) electrons. The molecule has 0 bridgehead atoms. The van der Waals surface area contributed by atoms with E-state index in [1.54, 1.807) is 13.2 Å². The highest BCUT2D eigenvalue weighted by molar-refractivity contribution is 5.32. The van der Waals surface area contributed by atoms with Gasteiger partial charge in [-0.1, -0.05) is 36.4 Å². The molecule has 2 aromatic rings. The van der Waals surface area contributed by atoms with E-state index in [9.17, 15) is 10.2 Å². The molecule has 6 nitrogen and oxygen atoms in total. The summed E-state index contributed by atoms with van der Waals surface area (Å²) < 4.78 is 16.8. The molecule has 0 aromatic heterocycles. The third-order valence-corrected chi connectivity index (χ3v) is 5.10. The van der Waals surface area contributed by atoms with Crippen LogP contribution in [0.15, 0.2) is 48.5 Å². The lowest BCUT2D eigenvalue weighted by atomic mass is 10.1. The lowest BCUT2D eigenvalue weighted by Gasteiger charge is -2.27. The van der Waals surface area contributed by atoms with Gasteiger partial charge in [0.2, 0.25) is 0 Å². The number of aliphatic hydroxyl groups is 1. The van der Waals surface area contributed by atoms with Crippen molar-refractivity contribution in [1.29, 1.82) is 0 Å². The van der Waals surface area contributed by atoms with E-state index in [4.69, 9.17) is 14.2 Å². The predicted octanol–water partition coefficient (Wildman–Crippen LogP) is 2.96. The van der Waals surface area contributed by atoms with E-state index >= 15 is 0 Å². The third kappa shape index (κ3) is 6.72. The van der Waals surface area contributed by atoms with E-state index < -0.39 is 6.10 Å². The molecular formula is C23H31NO5. The zero-order valence-electron chi connectivity index (χ0n) is 17.0. The Bertz CT molecular complexity index is 748. The van der Waals surface area contributed by atoms with Crippen LogP contribution in [-0.4, -0.2) is 60.7 Å². The molecule has 1 heterocycles. The van der Waals surface area contributed by atoms with Crippen molar-refractivity contribution < 1.29 is 24.4 Å². The lowest BCUT2D eigenvalue weighted by Crippen LogP contribution is -2.39. The monoisotopic (exact) mass is 401 g/mol. The van der Waals surface area contributed by atoms with Crippen molar-refractivity contribution in [3.8, 4) is 11.5 Å². The number of phenolic OH excluding ortho intramolecular Hbond substituents is 1. The fraction of sp³-hybridized carbons (Fsp3) is 0.478. The molecule has 1 fully saturated rings. The Hall–Kier alpha value is -2.12. The summed E-state index contributed by atoms with van der Waals surface area (Å²) in [5.74, 6) is 1.05. The van der Waals surface area contributed by atoms with Crippen molar-refractivity contribution in [2.24, 2.45) is 0 Å². The normalized spacial score (nSPS) is 17.6. The lowest BCUT2D eigenvalue weighted by molar-refractivity contribution is -0.00335. The summed E-state index contributed by atoms with van der Waals surface area (Å²) in [6.45, 7) is 3.11. The quantitative estimate of drug-likeness (QED) is 0.603. The Labute approximate surface area is 172 Å². The molecule has 2 N–H and O–H groups in total. The Morgan fingerprint density at radius 2 is 1.90 bits per heavy atom. The maximum absolute atomic E-state index is 10.5. The first-order valence-corrected chi connectivity index (χ1v) is 10.1. The molecule has 1 saturated heterocycles. The van der Waals surface area contributed by atoms with Crippen LogP contribution in [-0.2, 0) is 22.6 Å². The van der Waals surface area contributed by atoms with Crippen molar-refractivity contribution in [1.82, 2.24) is 4.90 Å². The fourth-order valence-electron chi connectivity index (χ4n) is 3.64. The van der Waals surface area contributed by atoms with E-state index in [0.29, 0.717) is 19.7 Å². The average Bonchev–Trinajstić information content (AvgIpc) is 3.23. The van der Waals surface area contributed by atoms with Crippen molar-refractivity contribution in [2.75, 3.05) is 33.4 Å². The summed E-state index contributed by atoms with van der Waals surface area (Å²) in [7, 11) is 1.63. The summed E-state index contributed by atoms with van der Waals surface area (Å²) in [6, 6.07) is 15.0. The van der Waals surface area contributed by atoms with Crippen LogP contribution in [0.4, 0.5) is 0 Å². The molecule has 0 amide bonds.